The third-order valence-electron chi connectivity index (χ3n) is 8.49. The molecule has 12 nitrogen and oxygen atoms in total. The van der Waals surface area contributed by atoms with E-state index in [0.717, 1.165) is 44.8 Å². The van der Waals surface area contributed by atoms with E-state index in [-0.39, 0.29) is 22.4 Å². The second-order valence-corrected chi connectivity index (χ2v) is 15.6. The molecule has 288 valence electrons. The van der Waals surface area contributed by atoms with Gasteiger partial charge in [0, 0.05) is 48.6 Å². The number of aryl methyl sites for hydroxylation is 3. The number of carbonyl (C=O) groups is 2. The molecule has 0 aliphatic heterocycles. The number of ketones is 1. The maximum absolute atomic E-state index is 12.5. The van der Waals surface area contributed by atoms with Crippen molar-refractivity contribution in [1.29, 1.82) is 0 Å². The van der Waals surface area contributed by atoms with E-state index in [9.17, 15) is 9.59 Å². The summed E-state index contributed by atoms with van der Waals surface area (Å²) in [5.74, 6) is -0.831. The highest BCUT2D eigenvalue weighted by molar-refractivity contribution is 6.29. The predicted molar refractivity (Wildman–Crippen MR) is 216 cm³/mol. The highest BCUT2D eigenvalue weighted by Gasteiger charge is 2.18. The molecule has 0 saturated heterocycles. The second-order valence-electron chi connectivity index (χ2n) is 14.9. The number of Topliss-reactive ketones (excluding diaryl/α,β-unsaturated/α-hetero) is 1. The van der Waals surface area contributed by atoms with Gasteiger partial charge in [0.1, 0.15) is 23.0 Å². The summed E-state index contributed by atoms with van der Waals surface area (Å²) in [5.41, 5.74) is 14.4. The van der Waals surface area contributed by atoms with Crippen molar-refractivity contribution in [2.45, 2.75) is 85.9 Å². The smallest absolute Gasteiger partial charge is 0.338 e. The van der Waals surface area contributed by atoms with Crippen LogP contribution in [-0.2, 0) is 24.0 Å². The van der Waals surface area contributed by atoms with E-state index in [0.29, 0.717) is 35.3 Å². The lowest BCUT2D eigenvalue weighted by Crippen LogP contribution is -2.22. The molecule has 0 saturated carbocycles. The lowest BCUT2D eigenvalue weighted by atomic mass is 9.98. The van der Waals surface area contributed by atoms with Crippen LogP contribution in [0.2, 0.25) is 10.3 Å². The number of benzene rings is 2. The highest BCUT2D eigenvalue weighted by atomic mass is 35.5. The zero-order valence-corrected chi connectivity index (χ0v) is 33.9. The quantitative estimate of drug-likeness (QED) is 0.112. The van der Waals surface area contributed by atoms with Crippen LogP contribution in [0, 0.1) is 13.8 Å². The van der Waals surface area contributed by atoms with Crippen molar-refractivity contribution in [3.63, 3.8) is 0 Å². The Balaban J connectivity index is 0.000000203. The van der Waals surface area contributed by atoms with E-state index in [1.54, 1.807) is 23.0 Å². The van der Waals surface area contributed by atoms with Crippen LogP contribution in [0.3, 0.4) is 0 Å². The summed E-state index contributed by atoms with van der Waals surface area (Å²) in [6.45, 7) is 16.7. The van der Waals surface area contributed by atoms with E-state index in [1.165, 1.54) is 25.0 Å². The number of aromatic carboxylic acids is 1. The molecule has 0 fully saturated rings. The lowest BCUT2D eigenvalue weighted by molar-refractivity contribution is 0.0696. The summed E-state index contributed by atoms with van der Waals surface area (Å²) in [5, 5.41) is 17.7. The number of halogens is 2. The van der Waals surface area contributed by atoms with Crippen molar-refractivity contribution in [2.24, 2.45) is 5.73 Å². The van der Waals surface area contributed by atoms with E-state index >= 15 is 0 Å². The molecular formula is C41H47Cl2N9O3. The van der Waals surface area contributed by atoms with Crippen molar-refractivity contribution in [2.75, 3.05) is 0 Å². The molecule has 55 heavy (non-hydrogen) atoms. The van der Waals surface area contributed by atoms with Crippen molar-refractivity contribution in [1.82, 2.24) is 39.5 Å². The number of nitrogens with zero attached hydrogens (tertiary/aromatic N) is 8. The maximum Gasteiger partial charge on any atom is 0.338 e. The van der Waals surface area contributed by atoms with Gasteiger partial charge in [-0.15, -0.1) is 0 Å². The van der Waals surface area contributed by atoms with Crippen LogP contribution in [0.1, 0.15) is 90.9 Å². The number of aromatic nitrogens is 8. The topological polar surface area (TPSA) is 168 Å². The van der Waals surface area contributed by atoms with Crippen LogP contribution in [0.15, 0.2) is 86.0 Å². The largest absolute Gasteiger partial charge is 0.478 e. The molecule has 0 radical (unpaired) electrons. The van der Waals surface area contributed by atoms with Crippen LogP contribution < -0.4 is 5.73 Å². The Hall–Kier alpha value is -5.30. The summed E-state index contributed by atoms with van der Waals surface area (Å²) in [6, 6.07) is 15.7. The molecule has 14 heteroatoms. The number of hydrogen-bond donors (Lipinski definition) is 2. The predicted octanol–water partition coefficient (Wildman–Crippen LogP) is 8.77. The fraction of sp³-hybridized carbons (Fsp3) is 0.317. The van der Waals surface area contributed by atoms with Gasteiger partial charge in [-0.3, -0.25) is 14.2 Å². The first-order chi connectivity index (χ1) is 25.8. The Kier molecular flexibility index (Phi) is 14.2. The van der Waals surface area contributed by atoms with Gasteiger partial charge in [0.15, 0.2) is 5.78 Å². The summed E-state index contributed by atoms with van der Waals surface area (Å²) in [7, 11) is 0. The highest BCUT2D eigenvalue weighted by Crippen LogP contribution is 2.24. The monoisotopic (exact) mass is 783 g/mol. The molecule has 2 aromatic carbocycles. The molecule has 0 aliphatic rings. The third-order valence-corrected chi connectivity index (χ3v) is 8.91. The molecule has 0 unspecified atom stereocenters. The van der Waals surface area contributed by atoms with Crippen LogP contribution in [0.5, 0.6) is 0 Å². The van der Waals surface area contributed by atoms with Gasteiger partial charge < -0.3 is 10.8 Å². The van der Waals surface area contributed by atoms with Crippen LogP contribution in [0.4, 0.5) is 0 Å². The van der Waals surface area contributed by atoms with Gasteiger partial charge in [-0.25, -0.2) is 24.7 Å². The zero-order chi connectivity index (χ0) is 40.5. The van der Waals surface area contributed by atoms with Crippen molar-refractivity contribution < 1.29 is 14.7 Å². The fourth-order valence-electron chi connectivity index (χ4n) is 5.23. The van der Waals surface area contributed by atoms with Crippen molar-refractivity contribution in [3.8, 4) is 22.5 Å². The summed E-state index contributed by atoms with van der Waals surface area (Å²) in [4.78, 5) is 39.2. The van der Waals surface area contributed by atoms with Crippen LogP contribution >= 0.6 is 23.2 Å². The van der Waals surface area contributed by atoms with Gasteiger partial charge in [0.2, 0.25) is 0 Å². The number of nitrogens with two attached hydrogens (primary N) is 1. The Labute approximate surface area is 331 Å². The van der Waals surface area contributed by atoms with Gasteiger partial charge in [0.25, 0.3) is 0 Å². The number of carboxylic acids is 1. The first-order valence-electron chi connectivity index (χ1n) is 17.6. The average molecular weight is 785 g/mol. The normalized spacial score (nSPS) is 11.3. The van der Waals surface area contributed by atoms with Crippen molar-refractivity contribution >= 4 is 35.0 Å². The Bertz CT molecular complexity index is 2250. The van der Waals surface area contributed by atoms with E-state index in [2.05, 4.69) is 63.0 Å². The van der Waals surface area contributed by atoms with E-state index < -0.39 is 5.97 Å². The summed E-state index contributed by atoms with van der Waals surface area (Å²) < 4.78 is 3.46. The second kappa shape index (κ2) is 18.4. The van der Waals surface area contributed by atoms with Crippen LogP contribution in [0.25, 0.3) is 22.5 Å². The number of rotatable bonds is 8. The van der Waals surface area contributed by atoms with E-state index in [1.807, 2.05) is 69.8 Å². The molecular weight excluding hydrogens is 737 g/mol. The Morgan fingerprint density at radius 3 is 1.53 bits per heavy atom. The molecule has 0 spiro atoms. The summed E-state index contributed by atoms with van der Waals surface area (Å²) in [6.07, 6.45) is 10.4. The first-order valence-corrected chi connectivity index (χ1v) is 18.3. The molecule has 0 aliphatic carbocycles. The average Bonchev–Trinajstić information content (AvgIpc) is 3.84. The van der Waals surface area contributed by atoms with Crippen LogP contribution in [-0.4, -0.2) is 56.4 Å². The minimum absolute atomic E-state index is 0.108. The molecule has 0 amide bonds. The maximum atomic E-state index is 12.5. The molecule has 6 aromatic rings. The van der Waals surface area contributed by atoms with E-state index in [4.69, 9.17) is 34.0 Å². The van der Waals surface area contributed by atoms with Gasteiger partial charge in [-0.2, -0.15) is 10.2 Å². The SMILES string of the molecule is CC(C)(C)n1cc(C(=O)O)cn1.Cc1cc(-c2cc(Cl)ncn2)ccc1CCC(=O)c1cnn(C(C)(C)C)c1.Cc1cc(-c2cc(Cl)ncn2)ccc1CN. The third kappa shape index (κ3) is 12.1. The lowest BCUT2D eigenvalue weighted by Gasteiger charge is -2.18. The van der Waals surface area contributed by atoms with Gasteiger partial charge in [-0.05, 0) is 96.2 Å². The molecule has 4 heterocycles. The fourth-order valence-corrected chi connectivity index (χ4v) is 5.52. The number of carboxylic acid groups (broad SMARTS) is 1. The Morgan fingerprint density at radius 2 is 1.15 bits per heavy atom. The number of hydrogen-bond acceptors (Lipinski definition) is 9. The zero-order valence-electron chi connectivity index (χ0n) is 32.4. The minimum atomic E-state index is -0.939. The molecule has 4 aromatic heterocycles. The Morgan fingerprint density at radius 1 is 0.691 bits per heavy atom. The molecule has 0 bridgehead atoms. The number of carbonyl (C=O) groups excluding carboxylic acids is 1. The molecule has 0 atom stereocenters. The van der Waals surface area contributed by atoms with Gasteiger partial charge in [-0.1, -0.05) is 47.5 Å². The van der Waals surface area contributed by atoms with Gasteiger partial charge >= 0.3 is 5.97 Å². The summed E-state index contributed by atoms with van der Waals surface area (Å²) >= 11 is 11.8. The van der Waals surface area contributed by atoms with Crippen molar-refractivity contribution in [3.05, 3.63) is 130 Å². The molecule has 3 N–H and O–H groups in total. The van der Waals surface area contributed by atoms with Gasteiger partial charge in [0.05, 0.1) is 46.0 Å². The first kappa shape index (κ1) is 42.4. The molecule has 6 rings (SSSR count). The minimum Gasteiger partial charge on any atom is -0.478 e. The standard InChI is InChI=1S/C21H23ClN4O.C12H12ClN3.C8H12N2O2/c1-14-9-16(18-10-20(22)24-13-23-18)6-5-15(14)7-8-19(27)17-11-25-26(12-17)21(2,3)4;1-8-4-9(2-3-10(8)6-14)11-5-12(13)16-7-15-11;1-8(2,3)10-5-6(4-9-10)7(11)12/h5-6,9-13H,7-8H2,1-4H3;2-5,7H,6,14H2,1H3;4-5H,1-3H3,(H,11,12).